The molecule has 5 heteroatoms. The first kappa shape index (κ1) is 20.2. The van der Waals surface area contributed by atoms with E-state index in [0.717, 1.165) is 35.3 Å². The lowest BCUT2D eigenvalue weighted by Gasteiger charge is -2.30. The Morgan fingerprint density at radius 2 is 1.64 bits per heavy atom. The summed E-state index contributed by atoms with van der Waals surface area (Å²) in [6.45, 7) is 11.2. The van der Waals surface area contributed by atoms with Gasteiger partial charge in [-0.15, -0.1) is 5.10 Å². The first-order valence-corrected chi connectivity index (χ1v) is 9.96. The average molecular weight is 382 g/mol. The Bertz CT molecular complexity index is 877. The number of rotatable bonds is 9. The van der Waals surface area contributed by atoms with E-state index in [1.807, 2.05) is 30.3 Å². The van der Waals surface area contributed by atoms with E-state index in [1.165, 1.54) is 0 Å². The Balaban J connectivity index is 1.76. The van der Waals surface area contributed by atoms with Crippen LogP contribution in [0.5, 0.6) is 11.6 Å². The number of aromatic nitrogens is 2. The van der Waals surface area contributed by atoms with Gasteiger partial charge >= 0.3 is 0 Å². The minimum absolute atomic E-state index is 0.481. The molecule has 0 spiro atoms. The molecular formula is C23H31N3O2. The number of ether oxygens (including phenoxy) is 2. The van der Waals surface area contributed by atoms with Crippen molar-refractivity contribution in [3.63, 3.8) is 0 Å². The van der Waals surface area contributed by atoms with Gasteiger partial charge in [-0.2, -0.15) is 0 Å². The highest BCUT2D eigenvalue weighted by atomic mass is 16.5. The third-order valence-corrected chi connectivity index (χ3v) is 5.06. The maximum absolute atomic E-state index is 6.07. The average Bonchev–Trinajstić information content (AvgIpc) is 3.04. The zero-order valence-corrected chi connectivity index (χ0v) is 17.6. The van der Waals surface area contributed by atoms with E-state index >= 15 is 0 Å². The van der Waals surface area contributed by atoms with Crippen molar-refractivity contribution in [2.24, 2.45) is 0 Å². The molecule has 1 heterocycles. The molecule has 0 atom stereocenters. The van der Waals surface area contributed by atoms with Crippen LogP contribution < -0.4 is 9.47 Å². The van der Waals surface area contributed by atoms with Crippen LogP contribution in [0.25, 0.3) is 10.9 Å². The van der Waals surface area contributed by atoms with Gasteiger partial charge < -0.3 is 9.47 Å². The fourth-order valence-corrected chi connectivity index (χ4v) is 3.57. The molecule has 0 saturated heterocycles. The number of nitrogens with zero attached hydrogens (tertiary/aromatic N) is 3. The highest BCUT2D eigenvalue weighted by Gasteiger charge is 2.16. The molecular weight excluding hydrogens is 350 g/mol. The summed E-state index contributed by atoms with van der Waals surface area (Å²) in [4.78, 5) is 2.48. The third kappa shape index (κ3) is 4.65. The van der Waals surface area contributed by atoms with E-state index in [2.05, 4.69) is 55.5 Å². The Morgan fingerprint density at radius 1 is 0.964 bits per heavy atom. The molecule has 0 aliphatic heterocycles. The van der Waals surface area contributed by atoms with E-state index in [1.54, 1.807) is 7.11 Å². The molecule has 0 fully saturated rings. The quantitative estimate of drug-likeness (QED) is 0.537. The Kier molecular flexibility index (Phi) is 6.57. The van der Waals surface area contributed by atoms with Crippen LogP contribution in [0.1, 0.15) is 33.3 Å². The Morgan fingerprint density at radius 3 is 2.29 bits per heavy atom. The van der Waals surface area contributed by atoms with Crippen LogP contribution in [0.4, 0.5) is 0 Å². The van der Waals surface area contributed by atoms with Gasteiger partial charge in [0.15, 0.2) is 0 Å². The van der Waals surface area contributed by atoms with E-state index in [9.17, 15) is 0 Å². The second-order valence-corrected chi connectivity index (χ2v) is 7.61. The van der Waals surface area contributed by atoms with Crippen molar-refractivity contribution in [2.45, 2.75) is 52.9 Å². The summed E-state index contributed by atoms with van der Waals surface area (Å²) in [5.41, 5.74) is 2.20. The van der Waals surface area contributed by atoms with Gasteiger partial charge in [0.05, 0.1) is 24.6 Å². The predicted molar refractivity (Wildman–Crippen MR) is 114 cm³/mol. The van der Waals surface area contributed by atoms with Crippen LogP contribution in [0, 0.1) is 0 Å². The van der Waals surface area contributed by atoms with E-state index in [4.69, 9.17) is 14.6 Å². The van der Waals surface area contributed by atoms with E-state index in [0.29, 0.717) is 24.6 Å². The number of hydrogen-bond donors (Lipinski definition) is 0. The molecule has 150 valence electrons. The molecule has 5 nitrogen and oxygen atoms in total. The van der Waals surface area contributed by atoms with Gasteiger partial charge in [-0.1, -0.05) is 24.3 Å². The van der Waals surface area contributed by atoms with Crippen molar-refractivity contribution >= 4 is 10.9 Å². The molecule has 0 bridgehead atoms. The first-order chi connectivity index (χ1) is 13.5. The highest BCUT2D eigenvalue weighted by molar-refractivity contribution is 5.84. The minimum Gasteiger partial charge on any atom is -0.497 e. The van der Waals surface area contributed by atoms with Gasteiger partial charge in [0.25, 0.3) is 0 Å². The van der Waals surface area contributed by atoms with Crippen molar-refractivity contribution < 1.29 is 9.47 Å². The van der Waals surface area contributed by atoms with Gasteiger partial charge in [0.2, 0.25) is 5.88 Å². The van der Waals surface area contributed by atoms with Crippen LogP contribution in [-0.2, 0) is 13.2 Å². The molecule has 28 heavy (non-hydrogen) atoms. The second kappa shape index (κ2) is 9.11. The van der Waals surface area contributed by atoms with Gasteiger partial charge in [0.1, 0.15) is 12.4 Å². The van der Waals surface area contributed by atoms with Crippen molar-refractivity contribution in [3.8, 4) is 11.6 Å². The van der Waals surface area contributed by atoms with Crippen LogP contribution in [0.15, 0.2) is 48.5 Å². The lowest BCUT2D eigenvalue weighted by atomic mass is 10.2. The van der Waals surface area contributed by atoms with Crippen molar-refractivity contribution in [1.82, 2.24) is 14.7 Å². The molecule has 2 aromatic carbocycles. The normalized spacial score (nSPS) is 11.7. The standard InChI is InChI=1S/C23H31N3O2/c1-17(2)25(18(3)4)14-15-26-22-9-7-6-8-21(22)23(24-26)28-16-19-10-12-20(27-5)13-11-19/h6-13,17-18H,14-16H2,1-5H3. The fourth-order valence-electron chi connectivity index (χ4n) is 3.57. The zero-order chi connectivity index (χ0) is 20.1. The number of methoxy groups -OCH3 is 1. The van der Waals surface area contributed by atoms with Gasteiger partial charge in [-0.05, 0) is 57.5 Å². The van der Waals surface area contributed by atoms with Crippen LogP contribution in [0.3, 0.4) is 0 Å². The third-order valence-electron chi connectivity index (χ3n) is 5.06. The number of hydrogen-bond acceptors (Lipinski definition) is 4. The van der Waals surface area contributed by atoms with Crippen LogP contribution in [0.2, 0.25) is 0 Å². The summed E-state index contributed by atoms with van der Waals surface area (Å²) in [5, 5.41) is 5.82. The number of para-hydroxylation sites is 1. The summed E-state index contributed by atoms with van der Waals surface area (Å²) < 4.78 is 13.4. The summed E-state index contributed by atoms with van der Waals surface area (Å²) in [6.07, 6.45) is 0. The molecule has 3 rings (SSSR count). The van der Waals surface area contributed by atoms with Gasteiger partial charge in [0, 0.05) is 18.6 Å². The van der Waals surface area contributed by atoms with E-state index in [-0.39, 0.29) is 0 Å². The highest BCUT2D eigenvalue weighted by Crippen LogP contribution is 2.26. The molecule has 0 N–H and O–H groups in total. The molecule has 1 aromatic heterocycles. The number of fused-ring (bicyclic) bond motifs is 1. The lowest BCUT2D eigenvalue weighted by Crippen LogP contribution is -2.39. The maximum atomic E-state index is 6.07. The largest absolute Gasteiger partial charge is 0.497 e. The Labute approximate surface area is 167 Å². The lowest BCUT2D eigenvalue weighted by molar-refractivity contribution is 0.166. The zero-order valence-electron chi connectivity index (χ0n) is 17.6. The molecule has 0 aliphatic rings. The number of benzene rings is 2. The van der Waals surface area contributed by atoms with Crippen molar-refractivity contribution in [2.75, 3.05) is 13.7 Å². The van der Waals surface area contributed by atoms with Crippen LogP contribution >= 0.6 is 0 Å². The summed E-state index contributed by atoms with van der Waals surface area (Å²) in [5.74, 6) is 1.53. The van der Waals surface area contributed by atoms with Gasteiger partial charge in [-0.3, -0.25) is 9.58 Å². The Hall–Kier alpha value is -2.53. The fraction of sp³-hybridized carbons (Fsp3) is 0.435. The second-order valence-electron chi connectivity index (χ2n) is 7.61. The predicted octanol–water partition coefficient (Wildman–Crippen LogP) is 4.74. The summed E-state index contributed by atoms with van der Waals surface area (Å²) in [6, 6.07) is 17.2. The first-order valence-electron chi connectivity index (χ1n) is 9.96. The molecule has 0 aliphatic carbocycles. The van der Waals surface area contributed by atoms with Crippen molar-refractivity contribution in [1.29, 1.82) is 0 Å². The molecule has 0 unspecified atom stereocenters. The maximum Gasteiger partial charge on any atom is 0.241 e. The van der Waals surface area contributed by atoms with E-state index < -0.39 is 0 Å². The molecule has 3 aromatic rings. The smallest absolute Gasteiger partial charge is 0.241 e. The summed E-state index contributed by atoms with van der Waals surface area (Å²) >= 11 is 0. The van der Waals surface area contributed by atoms with Crippen molar-refractivity contribution in [3.05, 3.63) is 54.1 Å². The minimum atomic E-state index is 0.481. The monoisotopic (exact) mass is 381 g/mol. The molecule has 0 amide bonds. The van der Waals surface area contributed by atoms with Crippen LogP contribution in [-0.4, -0.2) is 40.4 Å². The molecule has 0 saturated carbocycles. The topological polar surface area (TPSA) is 39.5 Å². The van der Waals surface area contributed by atoms with Gasteiger partial charge in [-0.25, -0.2) is 0 Å². The molecule has 0 radical (unpaired) electrons. The SMILES string of the molecule is COc1ccc(COc2nn(CCN(C(C)C)C(C)C)c3ccccc23)cc1. The summed E-state index contributed by atoms with van der Waals surface area (Å²) in [7, 11) is 1.67.